The molecule has 0 radical (unpaired) electrons. The number of ether oxygens (including phenoxy) is 1. The van der Waals surface area contributed by atoms with Gasteiger partial charge in [0.25, 0.3) is 5.91 Å². The van der Waals surface area contributed by atoms with Gasteiger partial charge in [0.2, 0.25) is 0 Å². The molecule has 0 bridgehead atoms. The van der Waals surface area contributed by atoms with Gasteiger partial charge in [0.1, 0.15) is 17.4 Å². The predicted molar refractivity (Wildman–Crippen MR) is 101 cm³/mol. The fraction of sp³-hybridized carbons (Fsp3) is 0.444. The molecular weight excluding hydrogens is 346 g/mol. The Hall–Kier alpha value is -3.10. The van der Waals surface area contributed by atoms with Crippen molar-refractivity contribution in [1.29, 1.82) is 0 Å². The number of aromatic nitrogens is 3. The van der Waals surface area contributed by atoms with Crippen molar-refractivity contribution in [1.82, 2.24) is 25.4 Å². The lowest BCUT2D eigenvalue weighted by atomic mass is 10.1. The first-order valence-electron chi connectivity index (χ1n) is 8.93. The van der Waals surface area contributed by atoms with E-state index in [0.29, 0.717) is 18.3 Å². The molecule has 27 heavy (non-hydrogen) atoms. The topological polar surface area (TPSA) is 119 Å². The third-order valence-corrected chi connectivity index (χ3v) is 4.25. The second kappa shape index (κ2) is 8.52. The van der Waals surface area contributed by atoms with Gasteiger partial charge in [0, 0.05) is 20.1 Å². The number of carbonyl (C=O) groups is 1. The van der Waals surface area contributed by atoms with Crippen LogP contribution in [0, 0.1) is 6.92 Å². The van der Waals surface area contributed by atoms with E-state index in [9.17, 15) is 4.79 Å². The molecule has 0 aliphatic carbocycles. The molecule has 3 rings (SSSR count). The highest BCUT2D eigenvalue weighted by Crippen LogP contribution is 2.22. The van der Waals surface area contributed by atoms with Crippen LogP contribution in [0.5, 0.6) is 5.75 Å². The quantitative estimate of drug-likeness (QED) is 0.507. The van der Waals surface area contributed by atoms with Crippen LogP contribution >= 0.6 is 0 Å². The number of hydrogen-bond donors (Lipinski definition) is 3. The molecule has 1 aliphatic heterocycles. The molecule has 0 spiro atoms. The summed E-state index contributed by atoms with van der Waals surface area (Å²) in [4.78, 5) is 19.7. The van der Waals surface area contributed by atoms with E-state index >= 15 is 0 Å². The molecule has 9 nitrogen and oxygen atoms in total. The third kappa shape index (κ3) is 4.96. The summed E-state index contributed by atoms with van der Waals surface area (Å²) in [6.45, 7) is 3.23. The molecule has 1 aromatic carbocycles. The molecule has 0 saturated carbocycles. The average molecular weight is 371 g/mol. The maximum Gasteiger partial charge on any atom is 0.255 e. The van der Waals surface area contributed by atoms with Gasteiger partial charge in [-0.3, -0.25) is 9.79 Å². The monoisotopic (exact) mass is 371 g/mol. The number of amides is 1. The van der Waals surface area contributed by atoms with Gasteiger partial charge < -0.3 is 21.1 Å². The molecule has 1 aromatic heterocycles. The molecular formula is C18H25N7O2. The highest BCUT2D eigenvalue weighted by Gasteiger charge is 2.24. The second-order valence-electron chi connectivity index (χ2n) is 6.41. The molecule has 1 unspecified atom stereocenters. The van der Waals surface area contributed by atoms with E-state index in [-0.39, 0.29) is 12.6 Å². The summed E-state index contributed by atoms with van der Waals surface area (Å²) in [5.74, 6) is 2.53. The molecule has 4 N–H and O–H groups in total. The largest absolute Gasteiger partial charge is 0.484 e. The van der Waals surface area contributed by atoms with Gasteiger partial charge in [0.05, 0.1) is 6.04 Å². The van der Waals surface area contributed by atoms with Gasteiger partial charge in [-0.05, 0) is 37.5 Å². The maximum atomic E-state index is 10.8. The van der Waals surface area contributed by atoms with Crippen molar-refractivity contribution < 1.29 is 9.53 Å². The predicted octanol–water partition coefficient (Wildman–Crippen LogP) is 0.651. The van der Waals surface area contributed by atoms with Gasteiger partial charge in [-0.15, -0.1) is 0 Å². The minimum absolute atomic E-state index is 0.0800. The van der Waals surface area contributed by atoms with Crippen LogP contribution in [-0.2, 0) is 17.9 Å². The number of hydrogen-bond acceptors (Lipinski definition) is 5. The summed E-state index contributed by atoms with van der Waals surface area (Å²) in [7, 11) is 1.74. The lowest BCUT2D eigenvalue weighted by Crippen LogP contribution is -2.41. The fourth-order valence-electron chi connectivity index (χ4n) is 3.05. The van der Waals surface area contributed by atoms with E-state index < -0.39 is 5.91 Å². The first-order chi connectivity index (χ1) is 13.0. The number of fused-ring (bicyclic) bond motifs is 1. The third-order valence-electron chi connectivity index (χ3n) is 4.25. The molecule has 0 fully saturated rings. The van der Waals surface area contributed by atoms with Crippen LogP contribution in [0.25, 0.3) is 0 Å². The van der Waals surface area contributed by atoms with Crippen LogP contribution in [0.2, 0.25) is 0 Å². The van der Waals surface area contributed by atoms with Crippen LogP contribution in [0.3, 0.4) is 0 Å². The standard InChI is InChI=1S/C18H25N7O2/c1-12-22-17-15(7-4-8-25(17)24-12)23-18(20-2)21-10-13-5-3-6-14(9-13)27-11-16(19)26/h3,5-6,9,15H,4,7-8,10-11H2,1-2H3,(H2,19,26)(H2,20,21,23). The molecule has 9 heteroatoms. The van der Waals surface area contributed by atoms with Gasteiger partial charge in [-0.25, -0.2) is 9.67 Å². The summed E-state index contributed by atoms with van der Waals surface area (Å²) in [6, 6.07) is 7.57. The van der Waals surface area contributed by atoms with E-state index in [1.54, 1.807) is 13.1 Å². The number of carbonyl (C=O) groups excluding carboxylic acids is 1. The van der Waals surface area contributed by atoms with E-state index in [2.05, 4.69) is 25.7 Å². The van der Waals surface area contributed by atoms with Gasteiger partial charge in [0.15, 0.2) is 12.6 Å². The summed E-state index contributed by atoms with van der Waals surface area (Å²) in [5, 5.41) is 11.1. The number of primary amides is 1. The van der Waals surface area contributed by atoms with Crippen LogP contribution in [0.4, 0.5) is 0 Å². The molecule has 1 aliphatic rings. The zero-order valence-electron chi connectivity index (χ0n) is 15.6. The van der Waals surface area contributed by atoms with Crippen molar-refractivity contribution in [3.63, 3.8) is 0 Å². The SMILES string of the molecule is CN=C(NCc1cccc(OCC(N)=O)c1)NC1CCCn2nc(C)nc21. The fourth-order valence-corrected chi connectivity index (χ4v) is 3.05. The number of nitrogens with two attached hydrogens (primary N) is 1. The van der Waals surface area contributed by atoms with Crippen molar-refractivity contribution in [3.8, 4) is 5.75 Å². The highest BCUT2D eigenvalue weighted by molar-refractivity contribution is 5.80. The smallest absolute Gasteiger partial charge is 0.255 e. The number of rotatable bonds is 6. The number of nitrogens with zero attached hydrogens (tertiary/aromatic N) is 4. The van der Waals surface area contributed by atoms with Gasteiger partial charge in [-0.1, -0.05) is 12.1 Å². The van der Waals surface area contributed by atoms with E-state index in [4.69, 9.17) is 10.5 Å². The zero-order valence-corrected chi connectivity index (χ0v) is 15.6. The van der Waals surface area contributed by atoms with Crippen LogP contribution < -0.4 is 21.1 Å². The first kappa shape index (κ1) is 18.7. The minimum Gasteiger partial charge on any atom is -0.484 e. The molecule has 144 valence electrons. The Labute approximate surface area is 158 Å². The minimum atomic E-state index is -0.501. The van der Waals surface area contributed by atoms with E-state index in [1.807, 2.05) is 29.8 Å². The summed E-state index contributed by atoms with van der Waals surface area (Å²) in [5.41, 5.74) is 6.11. The molecule has 0 saturated heterocycles. The summed E-state index contributed by atoms with van der Waals surface area (Å²) < 4.78 is 7.30. The van der Waals surface area contributed by atoms with E-state index in [0.717, 1.165) is 36.6 Å². The Bertz CT molecular complexity index is 831. The number of benzene rings is 1. The Morgan fingerprint density at radius 1 is 1.48 bits per heavy atom. The van der Waals surface area contributed by atoms with Crippen molar-refractivity contribution in [3.05, 3.63) is 41.5 Å². The van der Waals surface area contributed by atoms with Crippen molar-refractivity contribution in [2.45, 2.75) is 38.9 Å². The number of aryl methyl sites for hydroxylation is 2. The Kier molecular flexibility index (Phi) is 5.90. The average Bonchev–Trinajstić information content (AvgIpc) is 3.05. The molecule has 1 amide bonds. The van der Waals surface area contributed by atoms with Crippen LogP contribution in [0.15, 0.2) is 29.3 Å². The Morgan fingerprint density at radius 3 is 3.11 bits per heavy atom. The molecule has 1 atom stereocenters. The Morgan fingerprint density at radius 2 is 2.33 bits per heavy atom. The highest BCUT2D eigenvalue weighted by atomic mass is 16.5. The number of aliphatic imine (C=N–C) groups is 1. The normalized spacial score (nSPS) is 16.5. The molecule has 2 heterocycles. The van der Waals surface area contributed by atoms with E-state index in [1.165, 1.54) is 0 Å². The summed E-state index contributed by atoms with van der Waals surface area (Å²) in [6.07, 6.45) is 2.03. The second-order valence-corrected chi connectivity index (χ2v) is 6.41. The van der Waals surface area contributed by atoms with Gasteiger partial charge >= 0.3 is 0 Å². The summed E-state index contributed by atoms with van der Waals surface area (Å²) >= 11 is 0. The maximum absolute atomic E-state index is 10.8. The lowest BCUT2D eigenvalue weighted by molar-refractivity contribution is -0.119. The van der Waals surface area contributed by atoms with Crippen LogP contribution in [-0.4, -0.2) is 40.3 Å². The van der Waals surface area contributed by atoms with Crippen molar-refractivity contribution >= 4 is 11.9 Å². The number of guanidine groups is 1. The first-order valence-corrected chi connectivity index (χ1v) is 8.93. The zero-order chi connectivity index (χ0) is 19.2. The molecule has 2 aromatic rings. The van der Waals surface area contributed by atoms with Crippen LogP contribution in [0.1, 0.15) is 36.1 Å². The van der Waals surface area contributed by atoms with Crippen molar-refractivity contribution in [2.75, 3.05) is 13.7 Å². The Balaban J connectivity index is 1.59. The van der Waals surface area contributed by atoms with Crippen molar-refractivity contribution in [2.24, 2.45) is 10.7 Å². The number of nitrogens with one attached hydrogen (secondary N) is 2. The lowest BCUT2D eigenvalue weighted by Gasteiger charge is -2.25. The van der Waals surface area contributed by atoms with Gasteiger partial charge in [-0.2, -0.15) is 5.10 Å².